The maximum atomic E-state index is 12.3. The Morgan fingerprint density at radius 3 is 2.57 bits per heavy atom. The lowest BCUT2D eigenvalue weighted by Crippen LogP contribution is -2.49. The van der Waals surface area contributed by atoms with Crippen molar-refractivity contribution in [1.82, 2.24) is 9.03 Å². The summed E-state index contributed by atoms with van der Waals surface area (Å²) < 4.78 is 57.5. The molecule has 0 spiro atoms. The quantitative estimate of drug-likeness (QED) is 0.746. The normalized spacial score (nSPS) is 20.5. The predicted molar refractivity (Wildman–Crippen MR) is 87.8 cm³/mol. The van der Waals surface area contributed by atoms with Gasteiger partial charge in [0.2, 0.25) is 20.0 Å². The largest absolute Gasteiger partial charge is 0.378 e. The monoisotopic (exact) mass is 362 g/mol. The molecule has 1 saturated heterocycles. The zero-order valence-corrected chi connectivity index (χ0v) is 14.6. The van der Waals surface area contributed by atoms with Gasteiger partial charge in [0.15, 0.2) is 0 Å². The van der Waals surface area contributed by atoms with Gasteiger partial charge < -0.3 is 4.74 Å². The van der Waals surface area contributed by atoms with Gasteiger partial charge >= 0.3 is 0 Å². The molecule has 2 rings (SSSR count). The van der Waals surface area contributed by atoms with Crippen molar-refractivity contribution in [2.45, 2.75) is 18.7 Å². The van der Waals surface area contributed by atoms with Crippen molar-refractivity contribution in [3.8, 4) is 0 Å². The molecule has 1 heterocycles. The van der Waals surface area contributed by atoms with Crippen molar-refractivity contribution in [1.29, 1.82) is 0 Å². The summed E-state index contributed by atoms with van der Waals surface area (Å²) in [6.45, 7) is 2.67. The first kappa shape index (κ1) is 18.3. The summed E-state index contributed by atoms with van der Waals surface area (Å²) >= 11 is 0. The summed E-state index contributed by atoms with van der Waals surface area (Å²) in [6, 6.07) is 8.52. The number of benzene rings is 1. The predicted octanol–water partition coefficient (Wildman–Crippen LogP) is 0.157. The second-order valence-electron chi connectivity index (χ2n) is 5.49. The first-order chi connectivity index (χ1) is 10.8. The third-order valence-corrected chi connectivity index (χ3v) is 6.88. The summed E-state index contributed by atoms with van der Waals surface area (Å²) in [5.74, 6) is -0.423. The van der Waals surface area contributed by atoms with Gasteiger partial charge in [-0.25, -0.2) is 21.6 Å². The van der Waals surface area contributed by atoms with Crippen molar-refractivity contribution in [3.63, 3.8) is 0 Å². The molecule has 0 radical (unpaired) electrons. The highest BCUT2D eigenvalue weighted by atomic mass is 32.2. The highest BCUT2D eigenvalue weighted by Crippen LogP contribution is 2.12. The Balaban J connectivity index is 1.88. The van der Waals surface area contributed by atoms with Crippen LogP contribution in [0.25, 0.3) is 0 Å². The molecule has 1 aromatic rings. The van der Waals surface area contributed by atoms with Crippen molar-refractivity contribution in [3.05, 3.63) is 35.9 Å². The molecule has 0 aliphatic carbocycles. The minimum Gasteiger partial charge on any atom is -0.378 e. The van der Waals surface area contributed by atoms with Crippen LogP contribution in [0.5, 0.6) is 0 Å². The van der Waals surface area contributed by atoms with Crippen molar-refractivity contribution < 1.29 is 21.6 Å². The fourth-order valence-electron chi connectivity index (χ4n) is 2.41. The van der Waals surface area contributed by atoms with Crippen LogP contribution in [0.4, 0.5) is 0 Å². The number of morpholine rings is 1. The highest BCUT2D eigenvalue weighted by Gasteiger charge is 2.29. The molecule has 1 N–H and O–H groups in total. The van der Waals surface area contributed by atoms with Crippen LogP contribution in [0.1, 0.15) is 12.5 Å². The number of rotatable bonds is 7. The van der Waals surface area contributed by atoms with E-state index in [1.807, 2.05) is 0 Å². The molecule has 0 aromatic heterocycles. The van der Waals surface area contributed by atoms with Gasteiger partial charge in [-0.2, -0.15) is 4.31 Å². The minimum atomic E-state index is -3.56. The van der Waals surface area contributed by atoms with Crippen molar-refractivity contribution >= 4 is 20.0 Å². The Morgan fingerprint density at radius 2 is 1.91 bits per heavy atom. The Kier molecular flexibility index (Phi) is 6.15. The molecule has 9 heteroatoms. The summed E-state index contributed by atoms with van der Waals surface area (Å²) in [7, 11) is -7.06. The van der Waals surface area contributed by atoms with E-state index in [0.29, 0.717) is 25.3 Å². The van der Waals surface area contributed by atoms with Gasteiger partial charge in [-0.1, -0.05) is 30.3 Å². The van der Waals surface area contributed by atoms with E-state index in [0.717, 1.165) is 0 Å². The smallest absolute Gasteiger partial charge is 0.215 e. The van der Waals surface area contributed by atoms with E-state index < -0.39 is 20.0 Å². The molecule has 1 aliphatic heterocycles. The number of nitrogens with zero attached hydrogens (tertiary/aromatic N) is 1. The van der Waals surface area contributed by atoms with E-state index in [1.165, 1.54) is 4.31 Å². The van der Waals surface area contributed by atoms with Crippen LogP contribution in [-0.2, 0) is 30.5 Å². The lowest BCUT2D eigenvalue weighted by molar-refractivity contribution is 0.0393. The van der Waals surface area contributed by atoms with Gasteiger partial charge in [0.1, 0.15) is 0 Å². The number of ether oxygens (including phenoxy) is 1. The van der Waals surface area contributed by atoms with Gasteiger partial charge in [-0.05, 0) is 12.5 Å². The Hall–Kier alpha value is -1.00. The first-order valence-electron chi connectivity index (χ1n) is 7.39. The maximum absolute atomic E-state index is 12.3. The maximum Gasteiger partial charge on any atom is 0.215 e. The van der Waals surface area contributed by atoms with Crippen LogP contribution in [-0.4, -0.2) is 59.2 Å². The number of nitrogens with one attached hydrogen (secondary N) is 1. The third kappa shape index (κ3) is 5.54. The second-order valence-corrected chi connectivity index (χ2v) is 9.34. The first-order valence-corrected chi connectivity index (χ1v) is 10.6. The lowest BCUT2D eigenvalue weighted by atomic mass is 10.2. The highest BCUT2D eigenvalue weighted by molar-refractivity contribution is 7.89. The Morgan fingerprint density at radius 1 is 1.22 bits per heavy atom. The van der Waals surface area contributed by atoms with Crippen LogP contribution in [0, 0.1) is 0 Å². The molecule has 1 atom stereocenters. The fourth-order valence-corrected chi connectivity index (χ4v) is 5.25. The van der Waals surface area contributed by atoms with Gasteiger partial charge in [-0.15, -0.1) is 0 Å². The summed E-state index contributed by atoms with van der Waals surface area (Å²) in [5, 5.41) is 0. The molecule has 0 saturated carbocycles. The Bertz CT molecular complexity index is 704. The number of hydrogen-bond donors (Lipinski definition) is 1. The molecular formula is C14H22N2O5S2. The van der Waals surface area contributed by atoms with Crippen LogP contribution in [0.15, 0.2) is 30.3 Å². The topological polar surface area (TPSA) is 92.8 Å². The molecule has 23 heavy (non-hydrogen) atoms. The second kappa shape index (κ2) is 7.71. The average molecular weight is 362 g/mol. The zero-order chi connectivity index (χ0) is 16.9. The SMILES string of the molecule is CC1COCCN1S(=O)(=O)CCNS(=O)(=O)Cc1ccccc1. The zero-order valence-electron chi connectivity index (χ0n) is 13.0. The van der Waals surface area contributed by atoms with Crippen LogP contribution >= 0.6 is 0 Å². The van der Waals surface area contributed by atoms with Gasteiger partial charge in [-0.3, -0.25) is 0 Å². The van der Waals surface area contributed by atoms with Gasteiger partial charge in [0, 0.05) is 19.1 Å². The molecule has 7 nitrogen and oxygen atoms in total. The molecule has 0 amide bonds. The molecule has 1 aliphatic rings. The minimum absolute atomic E-state index is 0.137. The molecule has 0 bridgehead atoms. The van der Waals surface area contributed by atoms with Gasteiger partial charge in [0.25, 0.3) is 0 Å². The van der Waals surface area contributed by atoms with Crippen molar-refractivity contribution in [2.24, 2.45) is 0 Å². The van der Waals surface area contributed by atoms with E-state index in [1.54, 1.807) is 37.3 Å². The molecule has 1 fully saturated rings. The van der Waals surface area contributed by atoms with Crippen molar-refractivity contribution in [2.75, 3.05) is 32.1 Å². The molecular weight excluding hydrogens is 340 g/mol. The van der Waals surface area contributed by atoms with E-state index >= 15 is 0 Å². The standard InChI is InChI=1S/C14H22N2O5S2/c1-13-11-21-9-8-16(13)23(19,20)10-7-15-22(17,18)12-14-5-3-2-4-6-14/h2-6,13,15H,7-12H2,1H3. The van der Waals surface area contributed by atoms with Gasteiger partial charge in [0.05, 0.1) is 24.7 Å². The summed E-state index contributed by atoms with van der Waals surface area (Å²) in [6.07, 6.45) is 0. The lowest BCUT2D eigenvalue weighted by Gasteiger charge is -2.32. The fraction of sp³-hybridized carbons (Fsp3) is 0.571. The number of sulfonamides is 2. The van der Waals surface area contributed by atoms with Crippen LogP contribution in [0.2, 0.25) is 0 Å². The van der Waals surface area contributed by atoms with E-state index in [-0.39, 0.29) is 24.1 Å². The Labute approximate surface area is 137 Å². The van der Waals surface area contributed by atoms with E-state index in [2.05, 4.69) is 4.72 Å². The average Bonchev–Trinajstić information content (AvgIpc) is 2.47. The molecule has 1 aromatic carbocycles. The molecule has 130 valence electrons. The molecule has 1 unspecified atom stereocenters. The third-order valence-electron chi connectivity index (χ3n) is 3.55. The summed E-state index contributed by atoms with van der Waals surface area (Å²) in [5.41, 5.74) is 0.657. The van der Waals surface area contributed by atoms with Crippen LogP contribution < -0.4 is 4.72 Å². The summed E-state index contributed by atoms with van der Waals surface area (Å²) in [4.78, 5) is 0. The van der Waals surface area contributed by atoms with E-state index in [4.69, 9.17) is 4.74 Å². The van der Waals surface area contributed by atoms with Crippen LogP contribution in [0.3, 0.4) is 0 Å². The van der Waals surface area contributed by atoms with E-state index in [9.17, 15) is 16.8 Å². The number of hydrogen-bond acceptors (Lipinski definition) is 5.